The molecule has 0 saturated carbocycles. The number of benzene rings is 20. The van der Waals surface area contributed by atoms with E-state index in [1.807, 2.05) is 0 Å². The zero-order valence-corrected chi connectivity index (χ0v) is 83.4. The Morgan fingerprint density at radius 1 is 0.135 bits per heavy atom. The van der Waals surface area contributed by atoms with E-state index < -0.39 is 0 Å². The van der Waals surface area contributed by atoms with Gasteiger partial charge in [0.05, 0.1) is 89.6 Å². The molecule has 12 heteroatoms. The van der Waals surface area contributed by atoms with Crippen LogP contribution >= 0.6 is 0 Å². The average Bonchev–Trinajstić information content (AvgIpc) is 0.998. The largest absolute Gasteiger partial charge is 0.317 e. The van der Waals surface area contributed by atoms with Crippen LogP contribution in [0.15, 0.2) is 474 Å². The molecule has 0 aliphatic rings. The van der Waals surface area contributed by atoms with Crippen molar-refractivity contribution in [2.45, 2.75) is 55.4 Å². The zero-order valence-electron chi connectivity index (χ0n) is 83.4. The molecule has 148 heavy (non-hydrogen) atoms. The summed E-state index contributed by atoms with van der Waals surface area (Å²) in [6.07, 6.45) is 18.0. The van der Waals surface area contributed by atoms with E-state index in [1.165, 1.54) is 0 Å². The van der Waals surface area contributed by atoms with Crippen molar-refractivity contribution in [3.8, 4) is 45.5 Å². The smallest absolute Gasteiger partial charge is 0.0578 e. The highest BCUT2D eigenvalue weighted by Gasteiger charge is 2.36. The molecular formula is C136H102N12. The molecule has 0 saturated heterocycles. The van der Waals surface area contributed by atoms with E-state index in [1.54, 1.807) is 0 Å². The van der Waals surface area contributed by atoms with E-state index in [4.69, 9.17) is 0 Å². The van der Waals surface area contributed by atoms with Gasteiger partial charge in [-0.1, -0.05) is 194 Å². The van der Waals surface area contributed by atoms with Gasteiger partial charge < -0.3 is 56.1 Å². The number of anilines is 12. The molecule has 0 unspecified atom stereocenters. The van der Waals surface area contributed by atoms with Gasteiger partial charge in [0, 0.05) is 193 Å². The molecule has 0 atom stereocenters. The number of aryl methyl sites for hydroxylation is 8. The topological polar surface area (TPSA) is 52.4 Å². The molecule has 12 nitrogen and oxygen atoms in total. The number of aromatic nitrogens is 8. The third-order valence-corrected chi connectivity index (χ3v) is 31.7. The van der Waals surface area contributed by atoms with Gasteiger partial charge in [-0.25, -0.2) is 0 Å². The lowest BCUT2D eigenvalue weighted by molar-refractivity contribution is 1.11. The summed E-state index contributed by atoms with van der Waals surface area (Å²) >= 11 is 0. The summed E-state index contributed by atoms with van der Waals surface area (Å²) in [6, 6.07) is 158. The van der Waals surface area contributed by atoms with E-state index in [0.29, 0.717) is 0 Å². The minimum atomic E-state index is 0.993. The van der Waals surface area contributed by atoms with Crippen molar-refractivity contribution in [3.05, 3.63) is 519 Å². The van der Waals surface area contributed by atoms with Gasteiger partial charge in [0.1, 0.15) is 0 Å². The van der Waals surface area contributed by atoms with E-state index in [9.17, 15) is 0 Å². The van der Waals surface area contributed by atoms with Crippen LogP contribution < -0.4 is 19.6 Å². The Bertz CT molecular complexity index is 8990. The fraction of sp³-hybridized carbons (Fsp3) is 0.0588. The van der Waals surface area contributed by atoms with E-state index >= 15 is 0 Å². The summed E-state index contributed by atoms with van der Waals surface area (Å²) in [5, 5.41) is 15.6. The molecule has 0 radical (unpaired) electrons. The molecule has 0 N–H and O–H groups in total. The molecule has 0 bridgehead atoms. The summed E-state index contributed by atoms with van der Waals surface area (Å²) in [7, 11) is 0. The maximum Gasteiger partial charge on any atom is 0.0578 e. The van der Waals surface area contributed by atoms with Crippen LogP contribution in [0.4, 0.5) is 68.2 Å². The minimum Gasteiger partial charge on any atom is -0.317 e. The fourth-order valence-corrected chi connectivity index (χ4v) is 24.6. The summed E-state index contributed by atoms with van der Waals surface area (Å²) < 4.78 is 18.9. The second-order valence-electron chi connectivity index (χ2n) is 39.6. The Hall–Kier alpha value is -19.0. The number of hydrogen-bond acceptors (Lipinski definition) is 4. The van der Waals surface area contributed by atoms with E-state index in [-0.39, 0.29) is 0 Å². The molecule has 28 rings (SSSR count). The summed E-state index contributed by atoms with van der Waals surface area (Å²) in [4.78, 5) is 10.6. The van der Waals surface area contributed by atoms with Crippen molar-refractivity contribution in [1.82, 2.24) is 36.5 Å². The monoisotopic (exact) mass is 1900 g/mol. The lowest BCUT2D eigenvalue weighted by Crippen LogP contribution is -2.18. The van der Waals surface area contributed by atoms with E-state index in [0.717, 1.165) is 278 Å². The molecular weight excluding hydrogens is 1800 g/mol. The molecule has 0 spiro atoms. The second kappa shape index (κ2) is 34.4. The number of nitrogens with zero attached hydrogens (tertiary/aromatic N) is 12. The highest BCUT2D eigenvalue weighted by molar-refractivity contribution is 6.34. The van der Waals surface area contributed by atoms with Crippen LogP contribution in [0.2, 0.25) is 0 Å². The van der Waals surface area contributed by atoms with Crippen LogP contribution in [0.25, 0.3) is 165 Å². The quantitative estimate of drug-likeness (QED) is 0.0714. The van der Waals surface area contributed by atoms with Crippen molar-refractivity contribution < 1.29 is 0 Å². The number of hydrogen-bond donors (Lipinski definition) is 0. The molecule has 0 amide bonds. The van der Waals surface area contributed by atoms with Gasteiger partial charge >= 0.3 is 0 Å². The second-order valence-corrected chi connectivity index (χ2v) is 39.6. The van der Waals surface area contributed by atoms with Crippen LogP contribution in [0.1, 0.15) is 44.5 Å². The molecule has 706 valence electrons. The van der Waals surface area contributed by atoms with Crippen molar-refractivity contribution in [2.75, 3.05) is 19.6 Å². The molecule has 0 aliphatic carbocycles. The Balaban J connectivity index is 0.832. The minimum absolute atomic E-state index is 0.993. The first-order valence-electron chi connectivity index (χ1n) is 51.1. The van der Waals surface area contributed by atoms with Crippen LogP contribution in [-0.2, 0) is 0 Å². The lowest BCUT2D eigenvalue weighted by atomic mass is 9.88. The van der Waals surface area contributed by atoms with Gasteiger partial charge in [0.2, 0.25) is 0 Å². The third kappa shape index (κ3) is 13.5. The molecule has 0 aliphatic heterocycles. The van der Waals surface area contributed by atoms with Gasteiger partial charge in [-0.05, 0) is 330 Å². The predicted octanol–water partition coefficient (Wildman–Crippen LogP) is 36.5. The SMILES string of the molecule is Cc1c(N(c2ccc3ccn(-c4ccccc4)c3c2C)c2cc(N(c3ccc4c(ccn4-c4ccccc4)c3C)c3ccc4ccn(-c5ccccc5)c4c3C)c3ccc4c(N(c5ccc6c(ccn6-c6ccccc6)c5C)c5ccc6ccn(-c7ccccc7)c6c5C)cc(N(c5ccc6c(ccn6-c6ccccc6)c5C)c5ccc6ccn(-c7ccccc7)c6c5C)c5ccc2c3c54)ccc2c1ccn2-c1ccccc1. The maximum absolute atomic E-state index is 2.66. The van der Waals surface area contributed by atoms with Crippen LogP contribution in [-0.4, -0.2) is 36.5 Å². The summed E-state index contributed by atoms with van der Waals surface area (Å²) in [6.45, 7) is 18.8. The molecule has 0 fully saturated rings. The fourth-order valence-electron chi connectivity index (χ4n) is 24.6. The van der Waals surface area contributed by atoms with Crippen molar-refractivity contribution in [2.24, 2.45) is 0 Å². The molecule has 20 aromatic carbocycles. The van der Waals surface area contributed by atoms with Crippen molar-refractivity contribution >= 4 is 188 Å². The Kier molecular flexibility index (Phi) is 20.2. The van der Waals surface area contributed by atoms with Crippen molar-refractivity contribution in [1.29, 1.82) is 0 Å². The van der Waals surface area contributed by atoms with Crippen LogP contribution in [0.5, 0.6) is 0 Å². The first kappa shape index (κ1) is 86.8. The van der Waals surface area contributed by atoms with E-state index in [2.05, 4.69) is 586 Å². The third-order valence-electron chi connectivity index (χ3n) is 31.7. The van der Waals surface area contributed by atoms with Gasteiger partial charge in [0.25, 0.3) is 0 Å². The number of fused-ring (bicyclic) bond motifs is 8. The molecule has 8 aromatic heterocycles. The van der Waals surface area contributed by atoms with Gasteiger partial charge in [-0.2, -0.15) is 0 Å². The van der Waals surface area contributed by atoms with Crippen molar-refractivity contribution in [3.63, 3.8) is 0 Å². The van der Waals surface area contributed by atoms with Crippen LogP contribution in [0.3, 0.4) is 0 Å². The highest BCUT2D eigenvalue weighted by atomic mass is 15.2. The Morgan fingerprint density at radius 2 is 0.304 bits per heavy atom. The normalized spacial score (nSPS) is 11.9. The van der Waals surface area contributed by atoms with Gasteiger partial charge in [0.15, 0.2) is 0 Å². The lowest BCUT2D eigenvalue weighted by Gasteiger charge is -2.36. The summed E-state index contributed by atoms with van der Waals surface area (Å²) in [5.74, 6) is 0. The standard InChI is InChI=1S/C136H102N12/c1-87-107-73-81-137(99-33-17-9-18-34-99)123(107)65-61-115(87)145(119-57-49-95-69-77-141(133(95)91(119)5)103-41-25-13-26-42-103)127-85-128(146(116-62-66-124-108(88(116)2)74-82-138(124)100-35-19-10-20-36-100)120-58-50-96-70-78-142(134(96)92(120)6)104-43-27-14-28-44-104)112-55-56-114-130(148(118-64-68-126-110(90(118)4)76-84-140(126)102-39-23-12-24-40-102)122-60-52-98-72-80-144(136(98)94(122)8)106-47-31-16-32-48-106)86-129(113-54-53-111(127)131(112)132(113)114)147(117-63-67-125-109(89(117)3)75-83-139(125)101-37-21-11-22-38-101)121-59-51-97-71-79-143(135(97)93(121)7)105-45-29-15-30-46-105/h9-86H,1-8H3. The number of rotatable bonds is 20. The number of para-hydroxylation sites is 8. The Labute approximate surface area is 857 Å². The molecule has 28 aromatic rings. The first-order valence-corrected chi connectivity index (χ1v) is 51.1. The average molecular weight is 1900 g/mol. The van der Waals surface area contributed by atoms with Gasteiger partial charge in [-0.15, -0.1) is 0 Å². The highest BCUT2D eigenvalue weighted by Crippen LogP contribution is 2.60. The zero-order chi connectivity index (χ0) is 99.0. The van der Waals surface area contributed by atoms with Crippen LogP contribution in [0, 0.1) is 55.4 Å². The van der Waals surface area contributed by atoms with Gasteiger partial charge in [-0.3, -0.25) is 0 Å². The first-order chi connectivity index (χ1) is 72.8. The molecule has 8 heterocycles. The maximum atomic E-state index is 2.66. The Morgan fingerprint density at radius 3 is 0.500 bits per heavy atom. The predicted molar refractivity (Wildman–Crippen MR) is 621 cm³/mol. The summed E-state index contributed by atoms with van der Waals surface area (Å²) in [5.41, 5.74) is 38.9.